The second-order valence-electron chi connectivity index (χ2n) is 5.71. The van der Waals surface area contributed by atoms with Gasteiger partial charge in [0, 0.05) is 6.20 Å². The Balaban J connectivity index is 2.36. The second kappa shape index (κ2) is 4.91. The molecule has 0 amide bonds. The van der Waals surface area contributed by atoms with Gasteiger partial charge in [-0.25, -0.2) is 4.98 Å². The number of fused-ring (bicyclic) bond motifs is 1. The highest BCUT2D eigenvalue weighted by molar-refractivity contribution is 5.54. The van der Waals surface area contributed by atoms with Crippen LogP contribution < -0.4 is 0 Å². The zero-order chi connectivity index (χ0) is 12.4. The summed E-state index contributed by atoms with van der Waals surface area (Å²) in [6, 6.07) is 4.50. The van der Waals surface area contributed by atoms with Crippen LogP contribution in [0.3, 0.4) is 0 Å². The Morgan fingerprint density at radius 1 is 1.12 bits per heavy atom. The lowest BCUT2D eigenvalue weighted by Crippen LogP contribution is -1.98. The van der Waals surface area contributed by atoms with Crippen molar-refractivity contribution in [2.75, 3.05) is 0 Å². The van der Waals surface area contributed by atoms with Gasteiger partial charge in [-0.2, -0.15) is 0 Å². The lowest BCUT2D eigenvalue weighted by molar-refractivity contribution is 0.639. The Bertz CT molecular complexity index is 495. The maximum atomic E-state index is 4.52. The summed E-state index contributed by atoms with van der Waals surface area (Å²) in [5.74, 6) is 1.36. The van der Waals surface area contributed by atoms with E-state index in [1.807, 2.05) is 6.33 Å². The van der Waals surface area contributed by atoms with Crippen LogP contribution in [0.2, 0.25) is 0 Å². The topological polar surface area (TPSA) is 17.3 Å². The van der Waals surface area contributed by atoms with Crippen LogP contribution >= 0.6 is 0 Å². The molecule has 2 aromatic heterocycles. The standard InChI is InChI=1S/C15H22N2/c1-11(2)7-13-5-6-17-10-16-14(8-12(3)4)15(17)9-13/h5-6,9-12H,7-8H2,1-4H3. The van der Waals surface area contributed by atoms with Gasteiger partial charge in [0.2, 0.25) is 0 Å². The summed E-state index contributed by atoms with van der Waals surface area (Å²) in [6.45, 7) is 9.00. The minimum absolute atomic E-state index is 0.655. The first-order chi connectivity index (χ1) is 8.06. The van der Waals surface area contributed by atoms with Crippen LogP contribution in [0.25, 0.3) is 5.52 Å². The molecule has 2 heteroatoms. The van der Waals surface area contributed by atoms with E-state index in [9.17, 15) is 0 Å². The number of hydrogen-bond donors (Lipinski definition) is 0. The van der Waals surface area contributed by atoms with E-state index in [0.29, 0.717) is 11.8 Å². The Morgan fingerprint density at radius 2 is 1.82 bits per heavy atom. The molecule has 0 aromatic carbocycles. The molecule has 0 bridgehead atoms. The summed E-state index contributed by atoms with van der Waals surface area (Å²) in [5.41, 5.74) is 3.92. The largest absolute Gasteiger partial charge is 0.306 e. The molecule has 0 saturated carbocycles. The van der Waals surface area contributed by atoms with Crippen LogP contribution in [0, 0.1) is 11.8 Å². The Kier molecular flexibility index (Phi) is 3.51. The zero-order valence-corrected chi connectivity index (χ0v) is 11.3. The molecule has 2 nitrogen and oxygen atoms in total. The van der Waals surface area contributed by atoms with E-state index in [4.69, 9.17) is 0 Å². The third kappa shape index (κ3) is 2.87. The van der Waals surface area contributed by atoms with Gasteiger partial charge in [-0.05, 0) is 42.4 Å². The maximum Gasteiger partial charge on any atom is 0.0995 e. The third-order valence-corrected chi connectivity index (χ3v) is 2.93. The maximum absolute atomic E-state index is 4.52. The molecule has 0 unspecified atom stereocenters. The SMILES string of the molecule is CC(C)Cc1ccn2cnc(CC(C)C)c2c1. The van der Waals surface area contributed by atoms with Gasteiger partial charge in [-0.3, -0.25) is 0 Å². The van der Waals surface area contributed by atoms with Gasteiger partial charge in [0.1, 0.15) is 0 Å². The van der Waals surface area contributed by atoms with Gasteiger partial charge in [0.05, 0.1) is 17.5 Å². The van der Waals surface area contributed by atoms with Crippen molar-refractivity contribution in [2.45, 2.75) is 40.5 Å². The molecule has 92 valence electrons. The van der Waals surface area contributed by atoms with Crippen molar-refractivity contribution in [1.82, 2.24) is 9.38 Å². The third-order valence-electron chi connectivity index (χ3n) is 2.93. The van der Waals surface area contributed by atoms with E-state index >= 15 is 0 Å². The van der Waals surface area contributed by atoms with E-state index in [-0.39, 0.29) is 0 Å². The molecule has 0 aliphatic rings. The number of rotatable bonds is 4. The number of hydrogen-bond acceptors (Lipinski definition) is 1. The molecule has 0 aliphatic heterocycles. The van der Waals surface area contributed by atoms with E-state index in [1.54, 1.807) is 0 Å². The first-order valence-corrected chi connectivity index (χ1v) is 6.50. The highest BCUT2D eigenvalue weighted by Crippen LogP contribution is 2.17. The molecular weight excluding hydrogens is 208 g/mol. The Labute approximate surface area is 104 Å². The molecule has 0 spiro atoms. The van der Waals surface area contributed by atoms with Crippen molar-refractivity contribution >= 4 is 5.52 Å². The molecule has 2 aromatic rings. The number of pyridine rings is 1. The van der Waals surface area contributed by atoms with Gasteiger partial charge in [0.15, 0.2) is 0 Å². The van der Waals surface area contributed by atoms with Crippen molar-refractivity contribution in [3.05, 3.63) is 35.9 Å². The van der Waals surface area contributed by atoms with Gasteiger partial charge < -0.3 is 4.40 Å². The van der Waals surface area contributed by atoms with Crippen molar-refractivity contribution in [3.63, 3.8) is 0 Å². The monoisotopic (exact) mass is 230 g/mol. The van der Waals surface area contributed by atoms with E-state index in [2.05, 4.69) is 55.4 Å². The molecule has 0 fully saturated rings. The molecule has 2 heterocycles. The number of aromatic nitrogens is 2. The predicted octanol–water partition coefficient (Wildman–Crippen LogP) is 3.73. The normalized spacial score (nSPS) is 11.9. The fourth-order valence-corrected chi connectivity index (χ4v) is 2.23. The molecule has 0 radical (unpaired) electrons. The average Bonchev–Trinajstić information content (AvgIpc) is 2.59. The minimum atomic E-state index is 0.655. The van der Waals surface area contributed by atoms with Crippen molar-refractivity contribution in [1.29, 1.82) is 0 Å². The fraction of sp³-hybridized carbons (Fsp3) is 0.533. The number of imidazole rings is 1. The summed E-state index contributed by atoms with van der Waals surface area (Å²) in [6.07, 6.45) is 6.25. The first-order valence-electron chi connectivity index (χ1n) is 6.50. The first kappa shape index (κ1) is 12.2. The lowest BCUT2D eigenvalue weighted by atomic mass is 10.0. The van der Waals surface area contributed by atoms with Crippen LogP contribution in [0.5, 0.6) is 0 Å². The van der Waals surface area contributed by atoms with Gasteiger partial charge >= 0.3 is 0 Å². The van der Waals surface area contributed by atoms with Crippen LogP contribution in [0.15, 0.2) is 24.7 Å². The van der Waals surface area contributed by atoms with Crippen molar-refractivity contribution in [2.24, 2.45) is 11.8 Å². The number of nitrogens with zero attached hydrogens (tertiary/aromatic N) is 2. The van der Waals surface area contributed by atoms with E-state index < -0.39 is 0 Å². The fourth-order valence-electron chi connectivity index (χ4n) is 2.23. The zero-order valence-electron chi connectivity index (χ0n) is 11.3. The predicted molar refractivity (Wildman–Crippen MR) is 72.3 cm³/mol. The highest BCUT2D eigenvalue weighted by atomic mass is 15.0. The summed E-state index contributed by atoms with van der Waals surface area (Å²) in [5, 5.41) is 0. The van der Waals surface area contributed by atoms with Crippen molar-refractivity contribution < 1.29 is 0 Å². The van der Waals surface area contributed by atoms with Crippen LogP contribution in [0.4, 0.5) is 0 Å². The summed E-state index contributed by atoms with van der Waals surface area (Å²) < 4.78 is 2.13. The summed E-state index contributed by atoms with van der Waals surface area (Å²) in [4.78, 5) is 4.52. The molecule has 0 N–H and O–H groups in total. The Hall–Kier alpha value is -1.31. The quantitative estimate of drug-likeness (QED) is 0.782. The van der Waals surface area contributed by atoms with Gasteiger partial charge in [0.25, 0.3) is 0 Å². The Morgan fingerprint density at radius 3 is 2.47 bits per heavy atom. The van der Waals surface area contributed by atoms with Crippen LogP contribution in [0.1, 0.15) is 39.0 Å². The molecule has 17 heavy (non-hydrogen) atoms. The average molecular weight is 230 g/mol. The summed E-state index contributed by atoms with van der Waals surface area (Å²) in [7, 11) is 0. The van der Waals surface area contributed by atoms with Crippen molar-refractivity contribution in [3.8, 4) is 0 Å². The second-order valence-corrected chi connectivity index (χ2v) is 5.71. The highest BCUT2D eigenvalue weighted by Gasteiger charge is 2.07. The minimum Gasteiger partial charge on any atom is -0.306 e. The van der Waals surface area contributed by atoms with Crippen LogP contribution in [-0.2, 0) is 12.8 Å². The molecule has 0 atom stereocenters. The molecule has 0 aliphatic carbocycles. The summed E-state index contributed by atoms with van der Waals surface area (Å²) >= 11 is 0. The van der Waals surface area contributed by atoms with Gasteiger partial charge in [-0.15, -0.1) is 0 Å². The van der Waals surface area contributed by atoms with E-state index in [1.165, 1.54) is 16.8 Å². The lowest BCUT2D eigenvalue weighted by Gasteiger charge is -2.07. The smallest absolute Gasteiger partial charge is 0.0995 e. The van der Waals surface area contributed by atoms with Crippen LogP contribution in [-0.4, -0.2) is 9.38 Å². The van der Waals surface area contributed by atoms with E-state index in [0.717, 1.165) is 12.8 Å². The molecule has 0 saturated heterocycles. The molecule has 2 rings (SSSR count). The van der Waals surface area contributed by atoms with Gasteiger partial charge in [-0.1, -0.05) is 27.7 Å². The molecular formula is C15H22N2.